The fourth-order valence-corrected chi connectivity index (χ4v) is 0.833. The number of amidine groups is 1. The van der Waals surface area contributed by atoms with Crippen molar-refractivity contribution < 1.29 is 0 Å². The molecule has 0 saturated heterocycles. The molecule has 0 amide bonds. The lowest BCUT2D eigenvalue weighted by molar-refractivity contribution is 1.27. The first-order valence-corrected chi connectivity index (χ1v) is 3.43. The van der Waals surface area contributed by atoms with Gasteiger partial charge in [-0.25, -0.2) is 9.98 Å². The standard InChI is InChI=1S/C5H4Cl2N4/c6-3(11-5(7)8)4-9-1-2-10-4/h1-2,8H,(H,9,10). The number of aromatic amines is 1. The van der Waals surface area contributed by atoms with Crippen LogP contribution in [0.2, 0.25) is 0 Å². The number of nitrogens with zero attached hydrogens (tertiary/aromatic N) is 2. The highest BCUT2D eigenvalue weighted by atomic mass is 35.5. The summed E-state index contributed by atoms with van der Waals surface area (Å²) in [5.74, 6) is 0.400. The van der Waals surface area contributed by atoms with Gasteiger partial charge in [-0.3, -0.25) is 5.41 Å². The van der Waals surface area contributed by atoms with E-state index in [1.807, 2.05) is 0 Å². The lowest BCUT2D eigenvalue weighted by atomic mass is 10.7. The van der Waals surface area contributed by atoms with Crippen LogP contribution in [-0.4, -0.2) is 20.4 Å². The smallest absolute Gasteiger partial charge is 0.216 e. The van der Waals surface area contributed by atoms with E-state index < -0.39 is 0 Å². The number of imidazole rings is 1. The zero-order valence-corrected chi connectivity index (χ0v) is 6.82. The molecule has 0 aliphatic rings. The molecule has 0 radical (unpaired) electrons. The third-order valence-corrected chi connectivity index (χ3v) is 1.24. The van der Waals surface area contributed by atoms with Gasteiger partial charge in [0.25, 0.3) is 0 Å². The van der Waals surface area contributed by atoms with E-state index in [0.717, 1.165) is 0 Å². The molecule has 0 bridgehead atoms. The highest BCUT2D eigenvalue weighted by Gasteiger charge is 2.01. The van der Waals surface area contributed by atoms with Crippen molar-refractivity contribution in [2.24, 2.45) is 4.99 Å². The average molecular weight is 191 g/mol. The molecule has 2 N–H and O–H groups in total. The molecule has 1 aromatic heterocycles. The lowest BCUT2D eigenvalue weighted by Gasteiger charge is -1.88. The second-order valence-electron chi connectivity index (χ2n) is 1.63. The Hall–Kier alpha value is -0.870. The molecule has 11 heavy (non-hydrogen) atoms. The Morgan fingerprint density at radius 1 is 1.64 bits per heavy atom. The summed E-state index contributed by atoms with van der Waals surface area (Å²) in [5, 5.41) is 6.49. The van der Waals surface area contributed by atoms with Gasteiger partial charge in [-0.05, 0) is 11.6 Å². The summed E-state index contributed by atoms with van der Waals surface area (Å²) < 4.78 is 0. The number of aromatic nitrogens is 2. The molecular weight excluding hydrogens is 187 g/mol. The highest BCUT2D eigenvalue weighted by molar-refractivity contribution is 6.73. The molecule has 4 nitrogen and oxygen atoms in total. The van der Waals surface area contributed by atoms with Gasteiger partial charge in [0.15, 0.2) is 11.0 Å². The summed E-state index contributed by atoms with van der Waals surface area (Å²) in [5.41, 5.74) is 0. The Morgan fingerprint density at radius 3 is 2.82 bits per heavy atom. The van der Waals surface area contributed by atoms with Crippen molar-refractivity contribution in [1.29, 1.82) is 5.41 Å². The minimum atomic E-state index is -0.369. The van der Waals surface area contributed by atoms with Gasteiger partial charge in [0.2, 0.25) is 5.29 Å². The summed E-state index contributed by atoms with van der Waals surface area (Å²) >= 11 is 10.7. The molecule has 0 aromatic carbocycles. The third-order valence-electron chi connectivity index (χ3n) is 0.890. The Bertz CT molecular complexity index is 277. The number of H-pyrrole nitrogens is 1. The van der Waals surface area contributed by atoms with Crippen LogP contribution < -0.4 is 0 Å². The molecule has 6 heteroatoms. The first kappa shape index (κ1) is 8.23. The van der Waals surface area contributed by atoms with Crippen molar-refractivity contribution in [3.05, 3.63) is 18.2 Å². The predicted molar refractivity (Wildman–Crippen MR) is 44.6 cm³/mol. The minimum absolute atomic E-state index is 0.0787. The maximum atomic E-state index is 6.78. The van der Waals surface area contributed by atoms with Crippen molar-refractivity contribution >= 4 is 33.7 Å². The number of hydrogen-bond acceptors (Lipinski definition) is 2. The lowest BCUT2D eigenvalue weighted by Crippen LogP contribution is -1.95. The summed E-state index contributed by atoms with van der Waals surface area (Å²) in [6.45, 7) is 0. The van der Waals surface area contributed by atoms with E-state index in [1.165, 1.54) is 6.20 Å². The van der Waals surface area contributed by atoms with Crippen LogP contribution in [0.3, 0.4) is 0 Å². The van der Waals surface area contributed by atoms with Crippen LogP contribution in [0, 0.1) is 5.41 Å². The molecule has 1 heterocycles. The van der Waals surface area contributed by atoms with Gasteiger partial charge in [0.05, 0.1) is 0 Å². The Balaban J connectivity index is 2.86. The van der Waals surface area contributed by atoms with Crippen LogP contribution in [-0.2, 0) is 0 Å². The molecular formula is C5H4Cl2N4. The summed E-state index contributed by atoms with van der Waals surface area (Å²) in [6.07, 6.45) is 3.14. The molecule has 0 aliphatic heterocycles. The second kappa shape index (κ2) is 3.50. The Morgan fingerprint density at radius 2 is 2.36 bits per heavy atom. The number of nitrogens with one attached hydrogen (secondary N) is 2. The fourth-order valence-electron chi connectivity index (χ4n) is 0.517. The van der Waals surface area contributed by atoms with Crippen LogP contribution in [0.25, 0.3) is 0 Å². The SMILES string of the molecule is N=C(Cl)N=C(Cl)c1ncc[nH]1. The van der Waals surface area contributed by atoms with Gasteiger partial charge in [-0.1, -0.05) is 11.6 Å². The summed E-state index contributed by atoms with van der Waals surface area (Å²) in [7, 11) is 0. The number of halogens is 2. The molecule has 0 fully saturated rings. The van der Waals surface area contributed by atoms with Crippen LogP contribution in [0.15, 0.2) is 17.4 Å². The zero-order valence-electron chi connectivity index (χ0n) is 5.31. The van der Waals surface area contributed by atoms with E-state index in [1.54, 1.807) is 6.20 Å². The molecule has 0 aliphatic carbocycles. The Kier molecular flexibility index (Phi) is 2.62. The monoisotopic (exact) mass is 190 g/mol. The van der Waals surface area contributed by atoms with Crippen LogP contribution >= 0.6 is 23.2 Å². The summed E-state index contributed by atoms with van der Waals surface area (Å²) in [4.78, 5) is 9.97. The quantitative estimate of drug-likeness (QED) is 0.395. The first-order valence-electron chi connectivity index (χ1n) is 2.68. The highest BCUT2D eigenvalue weighted by Crippen LogP contribution is 1.99. The maximum absolute atomic E-state index is 6.78. The molecule has 0 spiro atoms. The maximum Gasteiger partial charge on any atom is 0.216 e. The van der Waals surface area contributed by atoms with E-state index in [-0.39, 0.29) is 10.5 Å². The van der Waals surface area contributed by atoms with Crippen LogP contribution in [0.4, 0.5) is 0 Å². The van der Waals surface area contributed by atoms with Crippen molar-refractivity contribution in [2.75, 3.05) is 0 Å². The van der Waals surface area contributed by atoms with Gasteiger partial charge >= 0.3 is 0 Å². The molecule has 58 valence electrons. The molecule has 0 unspecified atom stereocenters. The van der Waals surface area contributed by atoms with Crippen LogP contribution in [0.1, 0.15) is 5.82 Å². The van der Waals surface area contributed by atoms with E-state index in [0.29, 0.717) is 5.82 Å². The Labute approximate surface area is 72.8 Å². The van der Waals surface area contributed by atoms with Gasteiger partial charge < -0.3 is 4.98 Å². The van der Waals surface area contributed by atoms with Crippen molar-refractivity contribution in [3.8, 4) is 0 Å². The van der Waals surface area contributed by atoms with Crippen molar-refractivity contribution in [3.63, 3.8) is 0 Å². The topological polar surface area (TPSA) is 64.9 Å². The molecule has 0 saturated carbocycles. The van der Waals surface area contributed by atoms with Gasteiger partial charge in [0, 0.05) is 12.4 Å². The molecule has 0 atom stereocenters. The normalized spacial score (nSPS) is 11.6. The minimum Gasteiger partial charge on any atom is -0.343 e. The van der Waals surface area contributed by atoms with Crippen molar-refractivity contribution in [1.82, 2.24) is 9.97 Å². The molecule has 1 rings (SSSR count). The zero-order chi connectivity index (χ0) is 8.27. The van der Waals surface area contributed by atoms with E-state index in [4.69, 9.17) is 28.6 Å². The second-order valence-corrected chi connectivity index (χ2v) is 2.35. The number of hydrogen-bond donors (Lipinski definition) is 2. The number of aliphatic imine (C=N–C) groups is 1. The van der Waals surface area contributed by atoms with E-state index in [2.05, 4.69) is 15.0 Å². The average Bonchev–Trinajstić information content (AvgIpc) is 2.35. The van der Waals surface area contributed by atoms with E-state index in [9.17, 15) is 0 Å². The molecule has 1 aromatic rings. The van der Waals surface area contributed by atoms with Crippen LogP contribution in [0.5, 0.6) is 0 Å². The van der Waals surface area contributed by atoms with Gasteiger partial charge in [-0.15, -0.1) is 0 Å². The van der Waals surface area contributed by atoms with E-state index >= 15 is 0 Å². The fraction of sp³-hybridized carbons (Fsp3) is 0. The third kappa shape index (κ3) is 2.32. The summed E-state index contributed by atoms with van der Waals surface area (Å²) in [6, 6.07) is 0. The largest absolute Gasteiger partial charge is 0.343 e. The van der Waals surface area contributed by atoms with Gasteiger partial charge in [0.1, 0.15) is 0 Å². The van der Waals surface area contributed by atoms with Crippen molar-refractivity contribution in [2.45, 2.75) is 0 Å². The first-order chi connectivity index (χ1) is 5.20. The predicted octanol–water partition coefficient (Wildman–Crippen LogP) is 1.57. The number of rotatable bonds is 1. The van der Waals surface area contributed by atoms with Gasteiger partial charge in [-0.2, -0.15) is 0 Å².